The first kappa shape index (κ1) is 23.9. The van der Waals surface area contributed by atoms with Gasteiger partial charge in [0.25, 0.3) is 5.91 Å². The highest BCUT2D eigenvalue weighted by atomic mass is 35.5. The van der Waals surface area contributed by atoms with Crippen molar-refractivity contribution in [2.45, 2.75) is 29.8 Å². The quantitative estimate of drug-likeness (QED) is 0.639. The van der Waals surface area contributed by atoms with Gasteiger partial charge in [0.15, 0.2) is 9.84 Å². The van der Waals surface area contributed by atoms with Crippen LogP contribution in [0.5, 0.6) is 0 Å². The number of benzene rings is 2. The van der Waals surface area contributed by atoms with E-state index in [4.69, 9.17) is 17.3 Å². The molecular formula is C24H28ClN5O4S. The van der Waals surface area contributed by atoms with E-state index in [-0.39, 0.29) is 22.8 Å². The molecule has 11 heteroatoms. The van der Waals surface area contributed by atoms with Crippen LogP contribution in [0.3, 0.4) is 0 Å². The maximum atomic E-state index is 13.0. The van der Waals surface area contributed by atoms with E-state index in [1.54, 1.807) is 35.2 Å². The number of carbonyl (C=O) groups excluding carboxylic acids is 2. The van der Waals surface area contributed by atoms with Gasteiger partial charge in [0.05, 0.1) is 30.0 Å². The highest BCUT2D eigenvalue weighted by Crippen LogP contribution is 2.29. The van der Waals surface area contributed by atoms with E-state index >= 15 is 0 Å². The molecule has 1 atom stereocenters. The standard InChI is InChI=1S/C24H28ClN5O4S/c1-27-12-22-24(32)30(15-29(22)14-27)19-6-8-28(9-7-19)23(31)21(26)13-35(33,34)20-5-3-16-10-18(25)4-2-17(16)11-20/h2-5,10-12,19,21H,6-9,13-15,26H2,1H3/t21-/m1/s1. The first-order chi connectivity index (χ1) is 16.6. The molecule has 9 nitrogen and oxygen atoms in total. The van der Waals surface area contributed by atoms with Crippen molar-refractivity contribution in [3.05, 3.63) is 53.3 Å². The molecule has 3 aliphatic rings. The van der Waals surface area contributed by atoms with Crippen LogP contribution in [0, 0.1) is 0 Å². The second kappa shape index (κ2) is 9.00. The SMILES string of the molecule is CN1C=C2C(=O)N(C3CCN(C(=O)[C@H](N)CS(=O)(=O)c4ccc5cc(Cl)ccc5c4)CC3)CN2C1. The molecule has 0 radical (unpaired) electrons. The van der Waals surface area contributed by atoms with Gasteiger partial charge in [-0.25, -0.2) is 8.42 Å². The third kappa shape index (κ3) is 4.57. The Morgan fingerprint density at radius 2 is 1.80 bits per heavy atom. The minimum atomic E-state index is -3.76. The molecule has 3 aliphatic heterocycles. The van der Waals surface area contributed by atoms with Gasteiger partial charge in [-0.15, -0.1) is 0 Å². The zero-order chi connectivity index (χ0) is 24.9. The first-order valence-electron chi connectivity index (χ1n) is 11.6. The fraction of sp³-hybridized carbons (Fsp3) is 0.417. The highest BCUT2D eigenvalue weighted by molar-refractivity contribution is 7.91. The molecule has 0 saturated carbocycles. The van der Waals surface area contributed by atoms with E-state index in [2.05, 4.69) is 0 Å². The lowest BCUT2D eigenvalue weighted by Crippen LogP contribution is -2.53. The molecule has 0 aromatic heterocycles. The molecule has 2 saturated heterocycles. The van der Waals surface area contributed by atoms with Crippen LogP contribution in [0.15, 0.2) is 53.2 Å². The Kier molecular flexibility index (Phi) is 6.14. The monoisotopic (exact) mass is 517 g/mol. The Bertz CT molecular complexity index is 1320. The van der Waals surface area contributed by atoms with Crippen molar-refractivity contribution in [2.75, 3.05) is 39.2 Å². The van der Waals surface area contributed by atoms with Crippen LogP contribution in [0.2, 0.25) is 5.02 Å². The average Bonchev–Trinajstić information content (AvgIpc) is 3.34. The smallest absolute Gasteiger partial charge is 0.273 e. The topological polar surface area (TPSA) is 107 Å². The van der Waals surface area contributed by atoms with Crippen molar-refractivity contribution in [1.82, 2.24) is 19.6 Å². The summed E-state index contributed by atoms with van der Waals surface area (Å²) in [5.41, 5.74) is 6.80. The summed E-state index contributed by atoms with van der Waals surface area (Å²) in [4.78, 5) is 33.4. The third-order valence-electron chi connectivity index (χ3n) is 6.95. The van der Waals surface area contributed by atoms with Crippen molar-refractivity contribution < 1.29 is 18.0 Å². The zero-order valence-electron chi connectivity index (χ0n) is 19.4. The number of nitrogens with two attached hydrogens (primary N) is 1. The van der Waals surface area contributed by atoms with Crippen LogP contribution < -0.4 is 5.73 Å². The number of piperidine rings is 1. The Morgan fingerprint density at radius 1 is 1.11 bits per heavy atom. The molecule has 0 aliphatic carbocycles. The number of halogens is 1. The average molecular weight is 518 g/mol. The number of hydrogen-bond acceptors (Lipinski definition) is 7. The number of rotatable bonds is 5. The molecular weight excluding hydrogens is 490 g/mol. The van der Waals surface area contributed by atoms with Gasteiger partial charge in [0.1, 0.15) is 5.70 Å². The lowest BCUT2D eigenvalue weighted by atomic mass is 10.0. The van der Waals surface area contributed by atoms with E-state index in [0.717, 1.165) is 16.5 Å². The number of sulfone groups is 1. The van der Waals surface area contributed by atoms with Crippen LogP contribution in [-0.2, 0) is 19.4 Å². The normalized spacial score (nSPS) is 20.0. The molecule has 35 heavy (non-hydrogen) atoms. The summed E-state index contributed by atoms with van der Waals surface area (Å²) in [6, 6.07) is 8.92. The fourth-order valence-electron chi connectivity index (χ4n) is 5.09. The zero-order valence-corrected chi connectivity index (χ0v) is 21.0. The fourth-order valence-corrected chi connectivity index (χ4v) is 6.66. The van der Waals surface area contributed by atoms with Crippen molar-refractivity contribution >= 4 is 44.0 Å². The summed E-state index contributed by atoms with van der Waals surface area (Å²) in [5, 5.41) is 2.15. The number of likely N-dealkylation sites (tertiary alicyclic amines) is 1. The second-order valence-corrected chi connectivity index (χ2v) is 11.9. The van der Waals surface area contributed by atoms with Gasteiger partial charge in [0, 0.05) is 37.4 Å². The van der Waals surface area contributed by atoms with E-state index in [0.29, 0.717) is 44.3 Å². The maximum Gasteiger partial charge on any atom is 0.273 e. The maximum absolute atomic E-state index is 13.0. The summed E-state index contributed by atoms with van der Waals surface area (Å²) >= 11 is 6.00. The predicted octanol–water partition coefficient (Wildman–Crippen LogP) is 1.43. The minimum absolute atomic E-state index is 0.0274. The van der Waals surface area contributed by atoms with Crippen molar-refractivity contribution in [2.24, 2.45) is 5.73 Å². The van der Waals surface area contributed by atoms with Gasteiger partial charge >= 0.3 is 0 Å². The lowest BCUT2D eigenvalue weighted by Gasteiger charge is -2.37. The van der Waals surface area contributed by atoms with E-state index in [9.17, 15) is 18.0 Å². The first-order valence-corrected chi connectivity index (χ1v) is 13.6. The van der Waals surface area contributed by atoms with Gasteiger partial charge in [-0.1, -0.05) is 23.7 Å². The summed E-state index contributed by atoms with van der Waals surface area (Å²) in [6.07, 6.45) is 3.15. The summed E-state index contributed by atoms with van der Waals surface area (Å²) in [6.45, 7) is 2.14. The molecule has 2 fully saturated rings. The van der Waals surface area contributed by atoms with Crippen molar-refractivity contribution in [3.63, 3.8) is 0 Å². The molecule has 0 bridgehead atoms. The second-order valence-electron chi connectivity index (χ2n) is 9.47. The van der Waals surface area contributed by atoms with Crippen LogP contribution >= 0.6 is 11.6 Å². The molecule has 5 rings (SSSR count). The Labute approximate surface area is 209 Å². The minimum Gasteiger partial charge on any atom is -0.361 e. The van der Waals surface area contributed by atoms with Gasteiger partial charge in [-0.05, 0) is 47.9 Å². The molecule has 0 spiro atoms. The molecule has 2 amide bonds. The van der Waals surface area contributed by atoms with Gasteiger partial charge in [-0.3, -0.25) is 9.59 Å². The molecule has 2 aromatic carbocycles. The van der Waals surface area contributed by atoms with E-state index < -0.39 is 21.6 Å². The molecule has 0 unspecified atom stereocenters. The Morgan fingerprint density at radius 3 is 2.51 bits per heavy atom. The van der Waals surface area contributed by atoms with Crippen molar-refractivity contribution in [1.29, 1.82) is 0 Å². The molecule has 2 N–H and O–H groups in total. The van der Waals surface area contributed by atoms with E-state index in [1.165, 1.54) is 6.07 Å². The Hall–Kier alpha value is -2.82. The molecule has 2 aromatic rings. The number of carbonyl (C=O) groups is 2. The largest absolute Gasteiger partial charge is 0.361 e. The van der Waals surface area contributed by atoms with Crippen LogP contribution in [0.25, 0.3) is 10.8 Å². The van der Waals surface area contributed by atoms with Gasteiger partial charge in [0.2, 0.25) is 5.91 Å². The Balaban J connectivity index is 1.19. The van der Waals surface area contributed by atoms with Gasteiger partial charge < -0.3 is 25.3 Å². The predicted molar refractivity (Wildman–Crippen MR) is 133 cm³/mol. The lowest BCUT2D eigenvalue weighted by molar-refractivity contribution is -0.134. The van der Waals surface area contributed by atoms with Crippen LogP contribution in [-0.4, -0.2) is 91.1 Å². The molecule has 3 heterocycles. The number of nitrogens with zero attached hydrogens (tertiary/aromatic N) is 4. The van der Waals surface area contributed by atoms with Crippen LogP contribution in [0.4, 0.5) is 0 Å². The van der Waals surface area contributed by atoms with E-state index in [1.807, 2.05) is 27.9 Å². The highest BCUT2D eigenvalue weighted by Gasteiger charge is 2.41. The van der Waals surface area contributed by atoms with Gasteiger partial charge in [-0.2, -0.15) is 0 Å². The summed E-state index contributed by atoms with van der Waals surface area (Å²) in [5.74, 6) is -0.816. The summed E-state index contributed by atoms with van der Waals surface area (Å²) < 4.78 is 26.0. The van der Waals surface area contributed by atoms with Crippen LogP contribution in [0.1, 0.15) is 12.8 Å². The number of amides is 2. The summed E-state index contributed by atoms with van der Waals surface area (Å²) in [7, 11) is -1.83. The number of fused-ring (bicyclic) bond motifs is 2. The third-order valence-corrected chi connectivity index (χ3v) is 8.95. The van der Waals surface area contributed by atoms with Crippen molar-refractivity contribution in [3.8, 4) is 0 Å². The molecule has 186 valence electrons. The number of hydrogen-bond donors (Lipinski definition) is 1.